The molecule has 0 spiro atoms. The molecule has 10 heteroatoms. The number of hydrogen-bond donors (Lipinski definition) is 0. The van der Waals surface area contributed by atoms with Gasteiger partial charge in [-0.1, -0.05) is 23.6 Å². The van der Waals surface area contributed by atoms with E-state index in [1.807, 2.05) is 0 Å². The third kappa shape index (κ3) is 3.67. The lowest BCUT2D eigenvalue weighted by Crippen LogP contribution is -2.49. The van der Waals surface area contributed by atoms with Gasteiger partial charge in [-0.2, -0.15) is 17.0 Å². The minimum atomic E-state index is -3.51. The van der Waals surface area contributed by atoms with E-state index in [1.54, 1.807) is 12.1 Å². The summed E-state index contributed by atoms with van der Waals surface area (Å²) in [4.78, 5) is 42.3. The van der Waals surface area contributed by atoms with Gasteiger partial charge in [0.1, 0.15) is 0 Å². The van der Waals surface area contributed by atoms with Gasteiger partial charge < -0.3 is 4.84 Å². The summed E-state index contributed by atoms with van der Waals surface area (Å²) in [5.74, 6) is -2.57. The number of hydroxylamine groups is 2. The topological polar surface area (TPSA) is 104 Å². The monoisotopic (exact) mass is 421 g/mol. The molecule has 1 aromatic rings. The fourth-order valence-corrected chi connectivity index (χ4v) is 5.71. The highest BCUT2D eigenvalue weighted by Gasteiger charge is 2.41. The minimum absolute atomic E-state index is 0.202. The van der Waals surface area contributed by atoms with Crippen LogP contribution in [0, 0.1) is 5.92 Å². The van der Waals surface area contributed by atoms with E-state index in [9.17, 15) is 22.8 Å². The zero-order valence-electron chi connectivity index (χ0n) is 16.0. The molecule has 156 valence electrons. The molecular formula is C19H23N3O6S. The molecular weight excluding hydrogens is 398 g/mol. The number of fused-ring (bicyclic) bond motifs is 1. The molecule has 0 aliphatic carbocycles. The predicted octanol–water partition coefficient (Wildman–Crippen LogP) is 1.18. The molecule has 0 saturated carbocycles. The van der Waals surface area contributed by atoms with E-state index in [2.05, 4.69) is 0 Å². The van der Waals surface area contributed by atoms with Crippen LogP contribution in [0.15, 0.2) is 24.3 Å². The molecule has 2 amide bonds. The van der Waals surface area contributed by atoms with Crippen LogP contribution in [0.4, 0.5) is 0 Å². The van der Waals surface area contributed by atoms with Crippen LogP contribution in [0.1, 0.15) is 52.8 Å². The van der Waals surface area contributed by atoms with E-state index in [0.717, 1.165) is 19.3 Å². The zero-order chi connectivity index (χ0) is 20.6. The Morgan fingerprint density at radius 2 is 1.38 bits per heavy atom. The van der Waals surface area contributed by atoms with E-state index in [4.69, 9.17) is 4.84 Å². The molecule has 29 heavy (non-hydrogen) atoms. The van der Waals surface area contributed by atoms with E-state index in [1.165, 1.54) is 20.7 Å². The molecule has 3 heterocycles. The van der Waals surface area contributed by atoms with Gasteiger partial charge in [-0.05, 0) is 37.8 Å². The molecule has 0 radical (unpaired) electrons. The molecule has 4 rings (SSSR count). The number of rotatable bonds is 4. The lowest BCUT2D eigenvalue weighted by molar-refractivity contribution is -0.175. The summed E-state index contributed by atoms with van der Waals surface area (Å²) in [6, 6.07) is 6.28. The summed E-state index contributed by atoms with van der Waals surface area (Å²) in [7, 11) is -3.51. The molecule has 0 unspecified atom stereocenters. The number of nitrogens with zero attached hydrogens (tertiary/aromatic N) is 3. The van der Waals surface area contributed by atoms with E-state index in [0.29, 0.717) is 18.2 Å². The van der Waals surface area contributed by atoms with Crippen LogP contribution in [0.2, 0.25) is 0 Å². The van der Waals surface area contributed by atoms with Crippen molar-refractivity contribution in [3.8, 4) is 0 Å². The molecule has 0 aromatic heterocycles. The van der Waals surface area contributed by atoms with Crippen LogP contribution in [0.25, 0.3) is 0 Å². The first-order valence-corrected chi connectivity index (χ1v) is 11.2. The van der Waals surface area contributed by atoms with Crippen molar-refractivity contribution < 1.29 is 27.6 Å². The summed E-state index contributed by atoms with van der Waals surface area (Å²) >= 11 is 0. The Morgan fingerprint density at radius 1 is 0.862 bits per heavy atom. The van der Waals surface area contributed by atoms with Crippen molar-refractivity contribution in [2.24, 2.45) is 5.92 Å². The van der Waals surface area contributed by atoms with Crippen LogP contribution in [-0.4, -0.2) is 66.1 Å². The van der Waals surface area contributed by atoms with Crippen molar-refractivity contribution in [1.29, 1.82) is 0 Å². The smallest absolute Gasteiger partial charge is 0.329 e. The lowest BCUT2D eigenvalue weighted by Gasteiger charge is -2.35. The Balaban J connectivity index is 1.35. The second-order valence-electron chi connectivity index (χ2n) is 7.50. The van der Waals surface area contributed by atoms with Gasteiger partial charge in [-0.25, -0.2) is 4.79 Å². The van der Waals surface area contributed by atoms with Crippen molar-refractivity contribution in [1.82, 2.24) is 13.7 Å². The average molecular weight is 421 g/mol. The van der Waals surface area contributed by atoms with Crippen molar-refractivity contribution in [3.05, 3.63) is 35.4 Å². The lowest BCUT2D eigenvalue weighted by atomic mass is 9.99. The summed E-state index contributed by atoms with van der Waals surface area (Å²) in [5.41, 5.74) is 0.403. The van der Waals surface area contributed by atoms with E-state index < -0.39 is 33.9 Å². The van der Waals surface area contributed by atoms with Gasteiger partial charge in [0.15, 0.2) is 0 Å². The van der Waals surface area contributed by atoms with Crippen LogP contribution in [0.5, 0.6) is 0 Å². The van der Waals surface area contributed by atoms with Crippen LogP contribution in [-0.2, 0) is 19.8 Å². The van der Waals surface area contributed by atoms with E-state index in [-0.39, 0.29) is 37.1 Å². The average Bonchev–Trinajstić information content (AvgIpc) is 2.99. The maximum absolute atomic E-state index is 12.7. The third-order valence-corrected chi connectivity index (χ3v) is 7.73. The number of imide groups is 1. The fraction of sp³-hybridized carbons (Fsp3) is 0.526. The molecule has 2 saturated heterocycles. The molecule has 2 fully saturated rings. The zero-order valence-corrected chi connectivity index (χ0v) is 16.8. The van der Waals surface area contributed by atoms with E-state index >= 15 is 0 Å². The maximum atomic E-state index is 12.7. The molecule has 3 aliphatic heterocycles. The highest BCUT2D eigenvalue weighted by atomic mass is 32.2. The van der Waals surface area contributed by atoms with Gasteiger partial charge >= 0.3 is 5.97 Å². The molecule has 3 aliphatic rings. The number of benzene rings is 1. The standard InChI is InChI=1S/C19H23N3O6S/c23-17-15-6-2-3-7-16(15)18(24)22(17)28-19(25)14-8-12-21(13-9-14)29(26,27)20-10-4-1-5-11-20/h2-3,6-7,14H,1,4-5,8-13H2. The Kier molecular flexibility index (Phi) is 5.41. The van der Waals surface area contributed by atoms with Crippen LogP contribution >= 0.6 is 0 Å². The fourth-order valence-electron chi connectivity index (χ4n) is 4.00. The van der Waals surface area contributed by atoms with Gasteiger partial charge in [0, 0.05) is 26.2 Å². The number of carbonyl (C=O) groups excluding carboxylic acids is 3. The summed E-state index contributed by atoms with van der Waals surface area (Å²) < 4.78 is 28.4. The minimum Gasteiger partial charge on any atom is -0.329 e. The van der Waals surface area contributed by atoms with Gasteiger partial charge in [0.2, 0.25) is 0 Å². The summed E-state index contributed by atoms with van der Waals surface area (Å²) in [6.07, 6.45) is 3.34. The first-order valence-electron chi connectivity index (χ1n) is 9.84. The molecule has 0 atom stereocenters. The van der Waals surface area contributed by atoms with Gasteiger partial charge in [0.05, 0.1) is 17.0 Å². The Labute approximate surface area is 169 Å². The molecule has 0 bridgehead atoms. The Hall–Kier alpha value is -2.30. The number of piperidine rings is 2. The van der Waals surface area contributed by atoms with Crippen molar-refractivity contribution in [3.63, 3.8) is 0 Å². The van der Waals surface area contributed by atoms with Gasteiger partial charge in [0.25, 0.3) is 22.0 Å². The number of amides is 2. The molecule has 0 N–H and O–H groups in total. The predicted molar refractivity (Wildman–Crippen MR) is 102 cm³/mol. The highest BCUT2D eigenvalue weighted by molar-refractivity contribution is 7.86. The molecule has 9 nitrogen and oxygen atoms in total. The second-order valence-corrected chi connectivity index (χ2v) is 9.43. The number of hydrogen-bond acceptors (Lipinski definition) is 6. The van der Waals surface area contributed by atoms with Crippen LogP contribution < -0.4 is 0 Å². The van der Waals surface area contributed by atoms with Crippen molar-refractivity contribution >= 4 is 28.0 Å². The Bertz CT molecular complexity index is 898. The highest BCUT2D eigenvalue weighted by Crippen LogP contribution is 2.27. The van der Waals surface area contributed by atoms with Gasteiger partial charge in [-0.3, -0.25) is 9.59 Å². The normalized spacial score (nSPS) is 22.0. The quantitative estimate of drug-likeness (QED) is 0.677. The van der Waals surface area contributed by atoms with Crippen LogP contribution in [0.3, 0.4) is 0 Å². The second kappa shape index (κ2) is 7.85. The first kappa shape index (κ1) is 20.0. The SMILES string of the molecule is O=C(ON1C(=O)c2ccccc2C1=O)C1CCN(S(=O)(=O)N2CCCCC2)CC1. The van der Waals surface area contributed by atoms with Crippen molar-refractivity contribution in [2.45, 2.75) is 32.1 Å². The molecule has 1 aromatic carbocycles. The number of carbonyl (C=O) groups is 3. The van der Waals surface area contributed by atoms with Gasteiger partial charge in [-0.15, -0.1) is 0 Å². The van der Waals surface area contributed by atoms with Crippen molar-refractivity contribution in [2.75, 3.05) is 26.2 Å². The first-order chi connectivity index (χ1) is 13.9. The third-order valence-electron chi connectivity index (χ3n) is 5.69. The summed E-state index contributed by atoms with van der Waals surface area (Å²) in [6.45, 7) is 1.48. The largest absolute Gasteiger partial charge is 0.336 e. The summed E-state index contributed by atoms with van der Waals surface area (Å²) in [5, 5.41) is 0.504. The Morgan fingerprint density at radius 3 is 1.93 bits per heavy atom. The maximum Gasteiger partial charge on any atom is 0.336 e.